The second-order valence-electron chi connectivity index (χ2n) is 4.75. The van der Waals surface area contributed by atoms with Gasteiger partial charge in [-0.15, -0.1) is 0 Å². The summed E-state index contributed by atoms with van der Waals surface area (Å²) in [6, 6.07) is 10.9. The smallest absolute Gasteiger partial charge is 0.129 e. The minimum Gasteiger partial charge on any atom is -0.507 e. The minimum absolute atomic E-state index is 0.148. The summed E-state index contributed by atoms with van der Waals surface area (Å²) in [6.45, 7) is 2.11. The quantitative estimate of drug-likeness (QED) is 0.684. The highest BCUT2D eigenvalue weighted by Gasteiger charge is 2.15. The van der Waals surface area contributed by atoms with E-state index in [4.69, 9.17) is 23.2 Å². The first kappa shape index (κ1) is 15.9. The number of aliphatic hydroxyl groups is 1. The number of pyridine rings is 1. The topological polar surface area (TPSA) is 33.1 Å². The zero-order valence-electron chi connectivity index (χ0n) is 11.8. The van der Waals surface area contributed by atoms with Crippen molar-refractivity contribution in [1.82, 2.24) is 4.98 Å². The normalized spacial score (nSPS) is 12.1. The number of aliphatic hydroxyl groups excluding tert-OH is 1. The number of rotatable bonds is 5. The summed E-state index contributed by atoms with van der Waals surface area (Å²) in [5.41, 5.74) is 2.10. The molecule has 21 heavy (non-hydrogen) atoms. The maximum atomic E-state index is 10.7. The first-order valence-electron chi connectivity index (χ1n) is 6.93. The SMILES string of the molecule is CCCC/C(=C(\O)c1cccc(Cl)c1Cl)c1ccccn1. The molecule has 0 spiro atoms. The van der Waals surface area contributed by atoms with Crippen molar-refractivity contribution in [1.29, 1.82) is 0 Å². The highest BCUT2D eigenvalue weighted by atomic mass is 35.5. The van der Waals surface area contributed by atoms with Gasteiger partial charge in [-0.05, 0) is 37.1 Å². The van der Waals surface area contributed by atoms with Crippen LogP contribution in [0.15, 0.2) is 42.6 Å². The van der Waals surface area contributed by atoms with Crippen molar-refractivity contribution in [3.63, 3.8) is 0 Å². The van der Waals surface area contributed by atoms with Gasteiger partial charge in [-0.2, -0.15) is 0 Å². The van der Waals surface area contributed by atoms with E-state index in [0.717, 1.165) is 30.5 Å². The van der Waals surface area contributed by atoms with Crippen LogP contribution < -0.4 is 0 Å². The van der Waals surface area contributed by atoms with Gasteiger partial charge in [-0.1, -0.05) is 48.7 Å². The fraction of sp³-hybridized carbons (Fsp3) is 0.235. The molecule has 0 aliphatic heterocycles. The summed E-state index contributed by atoms with van der Waals surface area (Å²) in [5, 5.41) is 11.5. The van der Waals surface area contributed by atoms with E-state index in [-0.39, 0.29) is 5.76 Å². The van der Waals surface area contributed by atoms with Gasteiger partial charge in [0.1, 0.15) is 5.76 Å². The van der Waals surface area contributed by atoms with Crippen LogP contribution in [-0.4, -0.2) is 10.1 Å². The molecule has 0 fully saturated rings. The van der Waals surface area contributed by atoms with Crippen LogP contribution in [-0.2, 0) is 0 Å². The third kappa shape index (κ3) is 3.78. The van der Waals surface area contributed by atoms with E-state index in [1.54, 1.807) is 24.4 Å². The van der Waals surface area contributed by atoms with Crippen LogP contribution in [0.3, 0.4) is 0 Å². The van der Waals surface area contributed by atoms with E-state index in [1.165, 1.54) is 0 Å². The zero-order valence-corrected chi connectivity index (χ0v) is 13.3. The van der Waals surface area contributed by atoms with Gasteiger partial charge >= 0.3 is 0 Å². The second kappa shape index (κ2) is 7.48. The molecule has 110 valence electrons. The lowest BCUT2D eigenvalue weighted by atomic mass is 10.00. The molecule has 0 amide bonds. The summed E-state index contributed by atoms with van der Waals surface area (Å²) >= 11 is 12.2. The van der Waals surface area contributed by atoms with Crippen LogP contribution in [0.4, 0.5) is 0 Å². The Hall–Kier alpha value is -1.51. The molecule has 1 aromatic carbocycles. The monoisotopic (exact) mass is 321 g/mol. The number of aromatic nitrogens is 1. The zero-order chi connectivity index (χ0) is 15.2. The number of hydrogen-bond donors (Lipinski definition) is 1. The molecular weight excluding hydrogens is 305 g/mol. The number of unbranched alkanes of at least 4 members (excludes halogenated alkanes) is 1. The van der Waals surface area contributed by atoms with Gasteiger partial charge in [0.2, 0.25) is 0 Å². The van der Waals surface area contributed by atoms with Crippen LogP contribution in [0.1, 0.15) is 37.4 Å². The van der Waals surface area contributed by atoms with Gasteiger partial charge in [-0.25, -0.2) is 0 Å². The van der Waals surface area contributed by atoms with Crippen LogP contribution in [0.2, 0.25) is 10.0 Å². The third-order valence-electron chi connectivity index (χ3n) is 3.25. The Morgan fingerprint density at radius 2 is 1.95 bits per heavy atom. The summed E-state index contributed by atoms with van der Waals surface area (Å²) in [5.74, 6) is 0.148. The molecule has 0 radical (unpaired) electrons. The highest BCUT2D eigenvalue weighted by Crippen LogP contribution is 2.34. The van der Waals surface area contributed by atoms with Gasteiger partial charge in [0.25, 0.3) is 0 Å². The minimum atomic E-state index is 0.148. The number of allylic oxidation sites excluding steroid dienone is 1. The Bertz CT molecular complexity index is 638. The lowest BCUT2D eigenvalue weighted by Crippen LogP contribution is -1.96. The van der Waals surface area contributed by atoms with E-state index in [9.17, 15) is 5.11 Å². The molecule has 0 unspecified atom stereocenters. The van der Waals surface area contributed by atoms with Crippen molar-refractivity contribution >= 4 is 34.5 Å². The molecule has 2 aromatic rings. The van der Waals surface area contributed by atoms with Gasteiger partial charge in [0.05, 0.1) is 15.7 Å². The van der Waals surface area contributed by atoms with Gasteiger partial charge < -0.3 is 5.11 Å². The van der Waals surface area contributed by atoms with Crippen molar-refractivity contribution in [2.45, 2.75) is 26.2 Å². The molecule has 0 atom stereocenters. The molecule has 0 saturated carbocycles. The molecule has 1 aromatic heterocycles. The Morgan fingerprint density at radius 1 is 1.14 bits per heavy atom. The molecule has 2 nitrogen and oxygen atoms in total. The number of nitrogens with zero attached hydrogens (tertiary/aromatic N) is 1. The average Bonchev–Trinajstić information content (AvgIpc) is 2.51. The summed E-state index contributed by atoms with van der Waals surface area (Å²) < 4.78 is 0. The van der Waals surface area contributed by atoms with Crippen molar-refractivity contribution in [2.24, 2.45) is 0 Å². The second-order valence-corrected chi connectivity index (χ2v) is 5.53. The maximum absolute atomic E-state index is 10.7. The van der Waals surface area contributed by atoms with E-state index in [2.05, 4.69) is 11.9 Å². The molecular formula is C17H17Cl2NO. The number of halogens is 2. The molecule has 2 rings (SSSR count). The van der Waals surface area contributed by atoms with E-state index in [1.807, 2.05) is 18.2 Å². The molecule has 4 heteroatoms. The summed E-state index contributed by atoms with van der Waals surface area (Å²) in [7, 11) is 0. The lowest BCUT2D eigenvalue weighted by Gasteiger charge is -2.12. The van der Waals surface area contributed by atoms with Crippen LogP contribution >= 0.6 is 23.2 Å². The van der Waals surface area contributed by atoms with Crippen molar-refractivity contribution in [3.05, 3.63) is 63.9 Å². The first-order chi connectivity index (χ1) is 10.1. The van der Waals surface area contributed by atoms with Crippen molar-refractivity contribution < 1.29 is 5.11 Å². The number of hydrogen-bond acceptors (Lipinski definition) is 2. The van der Waals surface area contributed by atoms with E-state index in [0.29, 0.717) is 15.6 Å². The van der Waals surface area contributed by atoms with Gasteiger partial charge in [0.15, 0.2) is 0 Å². The lowest BCUT2D eigenvalue weighted by molar-refractivity contribution is 0.511. The van der Waals surface area contributed by atoms with Gasteiger partial charge in [-0.3, -0.25) is 4.98 Å². The molecule has 1 heterocycles. The average molecular weight is 322 g/mol. The predicted octanol–water partition coefficient (Wildman–Crippen LogP) is 6.00. The summed E-state index contributed by atoms with van der Waals surface area (Å²) in [4.78, 5) is 4.34. The van der Waals surface area contributed by atoms with Crippen LogP contribution in [0.5, 0.6) is 0 Å². The molecule has 0 saturated heterocycles. The van der Waals surface area contributed by atoms with Crippen LogP contribution in [0.25, 0.3) is 11.3 Å². The van der Waals surface area contributed by atoms with Crippen molar-refractivity contribution in [2.75, 3.05) is 0 Å². The Kier molecular flexibility index (Phi) is 5.66. The molecule has 0 bridgehead atoms. The fourth-order valence-electron chi connectivity index (χ4n) is 2.11. The maximum Gasteiger partial charge on any atom is 0.129 e. The van der Waals surface area contributed by atoms with E-state index >= 15 is 0 Å². The Morgan fingerprint density at radius 3 is 2.62 bits per heavy atom. The van der Waals surface area contributed by atoms with Crippen LogP contribution in [0, 0.1) is 0 Å². The Labute approximate surface area is 135 Å². The first-order valence-corrected chi connectivity index (χ1v) is 7.68. The number of benzene rings is 1. The van der Waals surface area contributed by atoms with Gasteiger partial charge in [0, 0.05) is 17.3 Å². The summed E-state index contributed by atoms with van der Waals surface area (Å²) in [6.07, 6.45) is 4.46. The molecule has 0 aliphatic carbocycles. The Balaban J connectivity index is 2.54. The largest absolute Gasteiger partial charge is 0.507 e. The highest BCUT2D eigenvalue weighted by molar-refractivity contribution is 6.43. The molecule has 1 N–H and O–H groups in total. The fourth-order valence-corrected chi connectivity index (χ4v) is 2.50. The third-order valence-corrected chi connectivity index (χ3v) is 4.07. The standard InChI is InChI=1S/C17H17Cl2NO/c1-2-3-7-12(15-10-4-5-11-20-15)17(21)13-8-6-9-14(18)16(13)19/h4-6,8-11,21H,2-3,7H2,1H3/b17-12+. The van der Waals surface area contributed by atoms with E-state index < -0.39 is 0 Å². The molecule has 0 aliphatic rings. The predicted molar refractivity (Wildman–Crippen MR) is 89.7 cm³/mol. The van der Waals surface area contributed by atoms with Crippen molar-refractivity contribution in [3.8, 4) is 0 Å².